The number of hydrogen-bond donors (Lipinski definition) is 5. The largest absolute Gasteiger partial charge is 0.504 e. The molecule has 0 saturated carbocycles. The summed E-state index contributed by atoms with van der Waals surface area (Å²) >= 11 is 0. The summed E-state index contributed by atoms with van der Waals surface area (Å²) in [5, 5.41) is 47.3. The first kappa shape index (κ1) is 10.9. The normalized spacial score (nSPS) is 10.4. The minimum absolute atomic E-state index is 0.140. The van der Waals surface area contributed by atoms with Gasteiger partial charge in [-0.25, -0.2) is 0 Å². The van der Waals surface area contributed by atoms with Crippen LogP contribution < -0.4 is 0 Å². The highest BCUT2D eigenvalue weighted by molar-refractivity contribution is 5.84. The predicted octanol–water partition coefficient (Wildman–Crippen LogP) is 1.88. The maximum Gasteiger partial charge on any atom is 0.208 e. The molecule has 0 aliphatic rings. The summed E-state index contributed by atoms with van der Waals surface area (Å²) in [4.78, 5) is 0. The molecule has 2 aromatic carbocycles. The lowest BCUT2D eigenvalue weighted by Crippen LogP contribution is -1.83. The second-order valence-electron chi connectivity index (χ2n) is 3.48. The van der Waals surface area contributed by atoms with Gasteiger partial charge < -0.3 is 25.5 Å². The molecule has 0 unspecified atom stereocenters. The van der Waals surface area contributed by atoms with Gasteiger partial charge in [-0.15, -0.1) is 0 Å². The molecule has 0 aliphatic heterocycles. The van der Waals surface area contributed by atoms with Gasteiger partial charge in [-0.3, -0.25) is 0 Å². The zero-order chi connectivity index (χ0) is 12.6. The fourth-order valence-corrected chi connectivity index (χ4v) is 1.56. The Morgan fingerprint density at radius 1 is 0.529 bits per heavy atom. The van der Waals surface area contributed by atoms with Crippen molar-refractivity contribution in [3.05, 3.63) is 30.3 Å². The highest BCUT2D eigenvalue weighted by atomic mass is 16.4. The molecule has 0 radical (unpaired) electrons. The summed E-state index contributed by atoms with van der Waals surface area (Å²) < 4.78 is 0. The molecule has 5 heteroatoms. The van der Waals surface area contributed by atoms with E-state index < -0.39 is 28.7 Å². The third-order valence-electron chi connectivity index (χ3n) is 2.43. The van der Waals surface area contributed by atoms with Gasteiger partial charge in [0.15, 0.2) is 11.5 Å². The topological polar surface area (TPSA) is 101 Å². The molecule has 2 rings (SSSR count). The third kappa shape index (κ3) is 1.57. The zero-order valence-corrected chi connectivity index (χ0v) is 8.62. The highest BCUT2D eigenvalue weighted by Crippen LogP contribution is 2.54. The SMILES string of the molecule is Oc1c(O)c(O)c(-c2ccccc2)c(O)c1O. The van der Waals surface area contributed by atoms with Crippen LogP contribution in [-0.2, 0) is 0 Å². The van der Waals surface area contributed by atoms with Crippen molar-refractivity contribution in [2.45, 2.75) is 0 Å². The minimum atomic E-state index is -0.959. The molecule has 5 nitrogen and oxygen atoms in total. The molecular weight excluding hydrogens is 224 g/mol. The summed E-state index contributed by atoms with van der Waals surface area (Å²) in [6.45, 7) is 0. The van der Waals surface area contributed by atoms with E-state index in [-0.39, 0.29) is 5.56 Å². The van der Waals surface area contributed by atoms with Crippen molar-refractivity contribution in [1.29, 1.82) is 0 Å². The molecule has 0 atom stereocenters. The van der Waals surface area contributed by atoms with Crippen LogP contribution in [0.3, 0.4) is 0 Å². The first-order valence-electron chi connectivity index (χ1n) is 4.78. The molecule has 5 N–H and O–H groups in total. The smallest absolute Gasteiger partial charge is 0.208 e. The number of rotatable bonds is 1. The molecule has 0 fully saturated rings. The summed E-state index contributed by atoms with van der Waals surface area (Å²) in [5.74, 6) is -4.09. The lowest BCUT2D eigenvalue weighted by atomic mass is 10.0. The van der Waals surface area contributed by atoms with Gasteiger partial charge in [0.05, 0.1) is 5.56 Å². The Morgan fingerprint density at radius 3 is 1.41 bits per heavy atom. The Bertz CT molecular complexity index is 534. The van der Waals surface area contributed by atoms with E-state index in [1.54, 1.807) is 30.3 Å². The standard InChI is InChI=1S/C12H10O5/c13-8-7(6-4-2-1-3-5-6)9(14)11(16)12(17)10(8)15/h1-5,13-17H. The van der Waals surface area contributed by atoms with Gasteiger partial charge in [-0.1, -0.05) is 30.3 Å². The van der Waals surface area contributed by atoms with Crippen molar-refractivity contribution in [3.8, 4) is 39.9 Å². The fraction of sp³-hybridized carbons (Fsp3) is 0. The van der Waals surface area contributed by atoms with E-state index in [1.807, 2.05) is 0 Å². The van der Waals surface area contributed by atoms with Gasteiger partial charge in [-0.05, 0) is 5.56 Å². The second-order valence-corrected chi connectivity index (χ2v) is 3.48. The van der Waals surface area contributed by atoms with E-state index in [2.05, 4.69) is 0 Å². The van der Waals surface area contributed by atoms with Crippen LogP contribution in [0.4, 0.5) is 0 Å². The van der Waals surface area contributed by atoms with E-state index in [9.17, 15) is 25.5 Å². The fourth-order valence-electron chi connectivity index (χ4n) is 1.56. The van der Waals surface area contributed by atoms with Crippen LogP contribution in [0.2, 0.25) is 0 Å². The quantitative estimate of drug-likeness (QED) is 0.383. The maximum atomic E-state index is 9.66. The Hall–Kier alpha value is -2.56. The summed E-state index contributed by atoms with van der Waals surface area (Å²) in [6.07, 6.45) is 0. The van der Waals surface area contributed by atoms with E-state index >= 15 is 0 Å². The van der Waals surface area contributed by atoms with Crippen molar-refractivity contribution in [1.82, 2.24) is 0 Å². The molecule has 0 aliphatic carbocycles. The van der Waals surface area contributed by atoms with Crippen LogP contribution in [0.1, 0.15) is 0 Å². The average molecular weight is 234 g/mol. The lowest BCUT2D eigenvalue weighted by Gasteiger charge is -2.12. The monoisotopic (exact) mass is 234 g/mol. The molecule has 17 heavy (non-hydrogen) atoms. The van der Waals surface area contributed by atoms with Gasteiger partial charge in [0.25, 0.3) is 0 Å². The van der Waals surface area contributed by atoms with E-state index in [4.69, 9.17) is 0 Å². The van der Waals surface area contributed by atoms with Gasteiger partial charge in [0.1, 0.15) is 0 Å². The van der Waals surface area contributed by atoms with Gasteiger partial charge in [-0.2, -0.15) is 0 Å². The summed E-state index contributed by atoms with van der Waals surface area (Å²) in [6, 6.07) is 8.21. The van der Waals surface area contributed by atoms with Crippen molar-refractivity contribution >= 4 is 0 Å². The number of hydrogen-bond acceptors (Lipinski definition) is 5. The molecule has 0 amide bonds. The Kier molecular flexibility index (Phi) is 2.44. The summed E-state index contributed by atoms with van der Waals surface area (Å²) in [7, 11) is 0. The van der Waals surface area contributed by atoms with Gasteiger partial charge in [0, 0.05) is 0 Å². The average Bonchev–Trinajstić information content (AvgIpc) is 2.36. The predicted molar refractivity (Wildman–Crippen MR) is 60.2 cm³/mol. The molecule has 0 heterocycles. The molecule has 0 saturated heterocycles. The third-order valence-corrected chi connectivity index (χ3v) is 2.43. The van der Waals surface area contributed by atoms with E-state index in [0.717, 1.165) is 0 Å². The molecular formula is C12H10O5. The minimum Gasteiger partial charge on any atom is -0.504 e. The molecule has 0 bridgehead atoms. The van der Waals surface area contributed by atoms with Gasteiger partial charge in [0.2, 0.25) is 17.2 Å². The second kappa shape index (κ2) is 3.79. The van der Waals surface area contributed by atoms with E-state index in [1.165, 1.54) is 0 Å². The van der Waals surface area contributed by atoms with Crippen LogP contribution in [0, 0.1) is 0 Å². The zero-order valence-electron chi connectivity index (χ0n) is 8.62. The number of aromatic hydroxyl groups is 5. The lowest BCUT2D eigenvalue weighted by molar-refractivity contribution is 0.330. The van der Waals surface area contributed by atoms with Crippen molar-refractivity contribution in [3.63, 3.8) is 0 Å². The first-order valence-corrected chi connectivity index (χ1v) is 4.78. The summed E-state index contributed by atoms with van der Waals surface area (Å²) in [5.41, 5.74) is 0.256. The Balaban J connectivity index is 2.80. The maximum absolute atomic E-state index is 9.66. The molecule has 0 aromatic heterocycles. The van der Waals surface area contributed by atoms with Crippen LogP contribution in [0.15, 0.2) is 30.3 Å². The van der Waals surface area contributed by atoms with Gasteiger partial charge >= 0.3 is 0 Å². The molecule has 0 spiro atoms. The number of phenols is 5. The van der Waals surface area contributed by atoms with Crippen LogP contribution in [0.5, 0.6) is 28.7 Å². The van der Waals surface area contributed by atoms with Crippen molar-refractivity contribution < 1.29 is 25.5 Å². The van der Waals surface area contributed by atoms with Crippen molar-refractivity contribution in [2.75, 3.05) is 0 Å². The first-order chi connectivity index (χ1) is 8.04. The van der Waals surface area contributed by atoms with Crippen LogP contribution >= 0.6 is 0 Å². The molecule has 88 valence electrons. The number of phenolic OH excluding ortho intramolecular Hbond substituents is 5. The Morgan fingerprint density at radius 2 is 0.941 bits per heavy atom. The highest BCUT2D eigenvalue weighted by Gasteiger charge is 2.23. The van der Waals surface area contributed by atoms with E-state index in [0.29, 0.717) is 5.56 Å². The van der Waals surface area contributed by atoms with Crippen LogP contribution in [0.25, 0.3) is 11.1 Å². The van der Waals surface area contributed by atoms with Crippen LogP contribution in [-0.4, -0.2) is 25.5 Å². The number of benzene rings is 2. The Labute approximate surface area is 96.5 Å². The van der Waals surface area contributed by atoms with Crippen molar-refractivity contribution in [2.24, 2.45) is 0 Å². The molecule has 2 aromatic rings.